The van der Waals surface area contributed by atoms with Crippen LogP contribution in [0.5, 0.6) is 5.75 Å². The molecule has 0 fully saturated rings. The molecule has 0 radical (unpaired) electrons. The molecular formula is C18H12F3NO2. The van der Waals surface area contributed by atoms with E-state index in [0.29, 0.717) is 5.69 Å². The fourth-order valence-corrected chi connectivity index (χ4v) is 2.34. The Morgan fingerprint density at radius 3 is 2.25 bits per heavy atom. The Bertz CT molecular complexity index is 868. The van der Waals surface area contributed by atoms with Crippen LogP contribution >= 0.6 is 0 Å². The number of carbonyl (C=O) groups excluding carboxylic acids is 1. The van der Waals surface area contributed by atoms with Crippen LogP contribution < -0.4 is 10.1 Å². The number of amides is 1. The summed E-state index contributed by atoms with van der Waals surface area (Å²) in [7, 11) is 0. The van der Waals surface area contributed by atoms with E-state index in [1.807, 2.05) is 36.4 Å². The molecule has 0 aliphatic carbocycles. The molecule has 3 aromatic carbocycles. The maximum Gasteiger partial charge on any atom is 0.573 e. The molecule has 122 valence electrons. The van der Waals surface area contributed by atoms with Gasteiger partial charge in [0.05, 0.1) is 0 Å². The highest BCUT2D eigenvalue weighted by Gasteiger charge is 2.31. The van der Waals surface area contributed by atoms with Crippen LogP contribution in [-0.4, -0.2) is 12.3 Å². The lowest BCUT2D eigenvalue weighted by Gasteiger charge is -2.10. The molecular weight excluding hydrogens is 319 g/mol. The van der Waals surface area contributed by atoms with Crippen LogP contribution in [0.2, 0.25) is 0 Å². The van der Waals surface area contributed by atoms with Crippen molar-refractivity contribution >= 4 is 22.4 Å². The highest BCUT2D eigenvalue weighted by Crippen LogP contribution is 2.25. The van der Waals surface area contributed by atoms with Crippen molar-refractivity contribution in [3.63, 3.8) is 0 Å². The van der Waals surface area contributed by atoms with E-state index in [2.05, 4.69) is 10.1 Å². The zero-order valence-corrected chi connectivity index (χ0v) is 12.3. The first-order valence-electron chi connectivity index (χ1n) is 7.07. The molecule has 3 rings (SSSR count). The van der Waals surface area contributed by atoms with Gasteiger partial charge in [-0.2, -0.15) is 0 Å². The molecule has 3 nitrogen and oxygen atoms in total. The fourth-order valence-electron chi connectivity index (χ4n) is 2.34. The molecule has 0 unspecified atom stereocenters. The normalized spacial score (nSPS) is 11.3. The summed E-state index contributed by atoms with van der Waals surface area (Å²) in [6.45, 7) is 0. The van der Waals surface area contributed by atoms with Crippen LogP contribution in [0.25, 0.3) is 10.8 Å². The molecule has 0 heterocycles. The summed E-state index contributed by atoms with van der Waals surface area (Å²) >= 11 is 0. The fraction of sp³-hybridized carbons (Fsp3) is 0.0556. The largest absolute Gasteiger partial charge is 0.573 e. The van der Waals surface area contributed by atoms with Crippen molar-refractivity contribution in [3.05, 3.63) is 72.3 Å². The van der Waals surface area contributed by atoms with Gasteiger partial charge in [-0.25, -0.2) is 0 Å². The number of hydrogen-bond donors (Lipinski definition) is 1. The molecule has 1 amide bonds. The maximum atomic E-state index is 12.3. The molecule has 0 aliphatic rings. The summed E-state index contributed by atoms with van der Waals surface area (Å²) in [6, 6.07) is 17.8. The van der Waals surface area contributed by atoms with Gasteiger partial charge in [0, 0.05) is 16.6 Å². The molecule has 0 spiro atoms. The van der Waals surface area contributed by atoms with Gasteiger partial charge in [0.2, 0.25) is 0 Å². The van der Waals surface area contributed by atoms with Gasteiger partial charge in [-0.05, 0) is 35.7 Å². The smallest absolute Gasteiger partial charge is 0.406 e. The number of benzene rings is 3. The number of ether oxygens (including phenoxy) is 1. The molecule has 3 aromatic rings. The third-order valence-corrected chi connectivity index (χ3v) is 3.39. The molecule has 6 heteroatoms. The van der Waals surface area contributed by atoms with Crippen LogP contribution in [-0.2, 0) is 0 Å². The Hall–Kier alpha value is -3.02. The summed E-state index contributed by atoms with van der Waals surface area (Å²) in [6.07, 6.45) is -4.76. The Kier molecular flexibility index (Phi) is 4.12. The molecule has 0 saturated heterocycles. The summed E-state index contributed by atoms with van der Waals surface area (Å²) in [5, 5.41) is 4.62. The standard InChI is InChI=1S/C18H12F3NO2/c19-18(20,21)24-14-10-8-13(9-11-14)17(23)22-16-7-3-5-12-4-1-2-6-15(12)16/h1-11H,(H,22,23). The minimum Gasteiger partial charge on any atom is -0.406 e. The molecule has 1 N–H and O–H groups in total. The van der Waals surface area contributed by atoms with Crippen molar-refractivity contribution < 1.29 is 22.7 Å². The molecule has 0 saturated carbocycles. The van der Waals surface area contributed by atoms with Crippen LogP contribution in [0.3, 0.4) is 0 Å². The van der Waals surface area contributed by atoms with E-state index in [1.165, 1.54) is 12.1 Å². The van der Waals surface area contributed by atoms with Gasteiger partial charge in [-0.15, -0.1) is 13.2 Å². The van der Waals surface area contributed by atoms with Crippen molar-refractivity contribution in [2.75, 3.05) is 5.32 Å². The highest BCUT2D eigenvalue weighted by molar-refractivity contribution is 6.09. The van der Waals surface area contributed by atoms with E-state index >= 15 is 0 Å². The predicted molar refractivity (Wildman–Crippen MR) is 85.0 cm³/mol. The lowest BCUT2D eigenvalue weighted by molar-refractivity contribution is -0.274. The third-order valence-electron chi connectivity index (χ3n) is 3.39. The summed E-state index contributed by atoms with van der Waals surface area (Å²) in [5.74, 6) is -0.783. The number of rotatable bonds is 3. The molecule has 0 bridgehead atoms. The van der Waals surface area contributed by atoms with Crippen LogP contribution in [0.15, 0.2) is 66.7 Å². The van der Waals surface area contributed by atoms with Gasteiger partial charge in [0.25, 0.3) is 5.91 Å². The zero-order chi connectivity index (χ0) is 17.2. The number of halogens is 3. The summed E-state index contributed by atoms with van der Waals surface area (Å²) in [4.78, 5) is 12.3. The lowest BCUT2D eigenvalue weighted by Crippen LogP contribution is -2.17. The highest BCUT2D eigenvalue weighted by atomic mass is 19.4. The van der Waals surface area contributed by atoms with E-state index in [1.54, 1.807) is 6.07 Å². The summed E-state index contributed by atoms with van der Waals surface area (Å²) < 4.78 is 40.2. The molecule has 0 aliphatic heterocycles. The predicted octanol–water partition coefficient (Wildman–Crippen LogP) is 4.99. The second kappa shape index (κ2) is 6.23. The van der Waals surface area contributed by atoms with E-state index in [-0.39, 0.29) is 11.3 Å². The summed E-state index contributed by atoms with van der Waals surface area (Å²) in [5.41, 5.74) is 0.867. The van der Waals surface area contributed by atoms with Crippen molar-refractivity contribution in [2.24, 2.45) is 0 Å². The monoisotopic (exact) mass is 331 g/mol. The van der Waals surface area contributed by atoms with Crippen LogP contribution in [0.1, 0.15) is 10.4 Å². The zero-order valence-electron chi connectivity index (χ0n) is 12.3. The van der Waals surface area contributed by atoms with Crippen molar-refractivity contribution in [1.82, 2.24) is 0 Å². The average Bonchev–Trinajstić information content (AvgIpc) is 2.54. The first kappa shape index (κ1) is 15.9. The van der Waals surface area contributed by atoms with E-state index in [9.17, 15) is 18.0 Å². The van der Waals surface area contributed by atoms with Crippen LogP contribution in [0, 0.1) is 0 Å². The maximum absolute atomic E-state index is 12.3. The molecule has 0 atom stereocenters. The van der Waals surface area contributed by atoms with Gasteiger partial charge in [-0.1, -0.05) is 36.4 Å². The minimum atomic E-state index is -4.76. The van der Waals surface area contributed by atoms with Crippen molar-refractivity contribution in [2.45, 2.75) is 6.36 Å². The number of anilines is 1. The Labute approximate surface area is 135 Å². The van der Waals surface area contributed by atoms with E-state index in [4.69, 9.17) is 0 Å². The molecule has 24 heavy (non-hydrogen) atoms. The number of nitrogens with one attached hydrogen (secondary N) is 1. The first-order chi connectivity index (χ1) is 11.4. The minimum absolute atomic E-state index is 0.234. The molecule has 0 aromatic heterocycles. The van der Waals surface area contributed by atoms with Gasteiger partial charge >= 0.3 is 6.36 Å². The Morgan fingerprint density at radius 2 is 1.54 bits per heavy atom. The number of hydrogen-bond acceptors (Lipinski definition) is 2. The second-order valence-corrected chi connectivity index (χ2v) is 5.05. The van der Waals surface area contributed by atoms with Crippen molar-refractivity contribution in [3.8, 4) is 5.75 Å². The SMILES string of the molecule is O=C(Nc1cccc2ccccc12)c1ccc(OC(F)(F)F)cc1. The van der Waals surface area contributed by atoms with E-state index in [0.717, 1.165) is 22.9 Å². The Morgan fingerprint density at radius 1 is 0.875 bits per heavy atom. The number of alkyl halides is 3. The van der Waals surface area contributed by atoms with Gasteiger partial charge in [0.15, 0.2) is 0 Å². The van der Waals surface area contributed by atoms with Crippen molar-refractivity contribution in [1.29, 1.82) is 0 Å². The van der Waals surface area contributed by atoms with E-state index < -0.39 is 12.3 Å². The van der Waals surface area contributed by atoms with Gasteiger partial charge in [0.1, 0.15) is 5.75 Å². The second-order valence-electron chi connectivity index (χ2n) is 5.05. The number of fused-ring (bicyclic) bond motifs is 1. The average molecular weight is 331 g/mol. The topological polar surface area (TPSA) is 38.3 Å². The first-order valence-corrected chi connectivity index (χ1v) is 7.07. The lowest BCUT2D eigenvalue weighted by atomic mass is 10.1. The number of carbonyl (C=O) groups is 1. The van der Waals surface area contributed by atoms with Gasteiger partial charge < -0.3 is 10.1 Å². The van der Waals surface area contributed by atoms with Crippen LogP contribution in [0.4, 0.5) is 18.9 Å². The quantitative estimate of drug-likeness (QED) is 0.734. The van der Waals surface area contributed by atoms with Gasteiger partial charge in [-0.3, -0.25) is 4.79 Å². The third kappa shape index (κ3) is 3.65. The Balaban J connectivity index is 1.79.